The summed E-state index contributed by atoms with van der Waals surface area (Å²) >= 11 is 0. The van der Waals surface area contributed by atoms with Gasteiger partial charge in [-0.15, -0.1) is 0 Å². The highest BCUT2D eigenvalue weighted by Gasteiger charge is 2.73. The average Bonchev–Trinajstić information content (AvgIpc) is 3.36. The number of halogens is 2. The highest BCUT2D eigenvalue weighted by atomic mass is 32.2. The monoisotopic (exact) mass is 503 g/mol. The Balaban J connectivity index is 1.63. The third-order valence-corrected chi connectivity index (χ3v) is 7.48. The van der Waals surface area contributed by atoms with Gasteiger partial charge in [-0.25, -0.2) is 4.79 Å². The van der Waals surface area contributed by atoms with E-state index < -0.39 is 75.5 Å². The van der Waals surface area contributed by atoms with Crippen molar-refractivity contribution in [3.8, 4) is 0 Å². The van der Waals surface area contributed by atoms with Crippen LogP contribution in [0, 0.1) is 11.8 Å². The summed E-state index contributed by atoms with van der Waals surface area (Å²) in [7, 11) is -5.87. The minimum absolute atomic E-state index is 0.225. The molecular formula is C21H23F2NO9S. The van der Waals surface area contributed by atoms with Crippen LogP contribution in [0.25, 0.3) is 0 Å². The predicted molar refractivity (Wildman–Crippen MR) is 109 cm³/mol. The molecule has 3 aliphatic heterocycles. The number of likely N-dealkylation sites (tertiary alicyclic amines) is 1. The number of carbonyl (C=O) groups is 3. The van der Waals surface area contributed by atoms with Crippen molar-refractivity contribution in [3.05, 3.63) is 35.9 Å². The van der Waals surface area contributed by atoms with Gasteiger partial charge in [0.15, 0.2) is 12.2 Å². The maximum atomic E-state index is 13.9. The van der Waals surface area contributed by atoms with Crippen molar-refractivity contribution in [1.29, 1.82) is 0 Å². The Morgan fingerprint density at radius 3 is 2.32 bits per heavy atom. The number of rotatable bonds is 7. The minimum Gasteiger partial charge on any atom is -0.455 e. The highest BCUT2D eigenvalue weighted by Crippen LogP contribution is 2.53. The standard InChI is InChI=1S/C21H23F2NO9S/c1-9(2)24-14-15-12(18(24)25)13(20(27)31-10(3)21(22,23)34(28,29)30)16(32-15)17(14)33-19(26)11-7-5-4-6-8-11/h4-10,12-17H,1-3H3,(H,28,29,30). The first-order chi connectivity index (χ1) is 15.8. The topological polar surface area (TPSA) is 137 Å². The van der Waals surface area contributed by atoms with Gasteiger partial charge in [-0.05, 0) is 32.9 Å². The third kappa shape index (κ3) is 3.66. The van der Waals surface area contributed by atoms with Crippen molar-refractivity contribution < 1.29 is 50.3 Å². The number of hydrogen-bond donors (Lipinski definition) is 1. The van der Waals surface area contributed by atoms with E-state index in [0.29, 0.717) is 6.92 Å². The lowest BCUT2D eigenvalue weighted by Crippen LogP contribution is -2.52. The highest BCUT2D eigenvalue weighted by molar-refractivity contribution is 7.86. The fourth-order valence-corrected chi connectivity index (χ4v) is 5.43. The summed E-state index contributed by atoms with van der Waals surface area (Å²) in [6.07, 6.45) is -5.64. The molecular weight excluding hydrogens is 480 g/mol. The van der Waals surface area contributed by atoms with E-state index >= 15 is 0 Å². The third-order valence-electron chi connectivity index (χ3n) is 6.46. The second-order valence-corrected chi connectivity index (χ2v) is 10.3. The zero-order valence-electron chi connectivity index (χ0n) is 18.3. The van der Waals surface area contributed by atoms with Gasteiger partial charge in [0.2, 0.25) is 5.91 Å². The Kier molecular flexibility index (Phi) is 5.93. The molecule has 0 aliphatic carbocycles. The molecule has 7 atom stereocenters. The number of amides is 1. The predicted octanol–water partition coefficient (Wildman–Crippen LogP) is 1.26. The molecule has 1 N–H and O–H groups in total. The second kappa shape index (κ2) is 8.24. The maximum Gasteiger partial charge on any atom is 0.405 e. The van der Waals surface area contributed by atoms with Crippen molar-refractivity contribution in [1.82, 2.24) is 4.90 Å². The Labute approximate surface area is 193 Å². The van der Waals surface area contributed by atoms with E-state index in [9.17, 15) is 31.6 Å². The fraction of sp³-hybridized carbons (Fsp3) is 0.571. The van der Waals surface area contributed by atoms with E-state index in [-0.39, 0.29) is 11.6 Å². The quantitative estimate of drug-likeness (QED) is 0.431. The Morgan fingerprint density at radius 2 is 1.76 bits per heavy atom. The molecule has 1 amide bonds. The van der Waals surface area contributed by atoms with E-state index in [0.717, 1.165) is 0 Å². The number of nitrogens with zero attached hydrogens (tertiary/aromatic N) is 1. The molecule has 3 heterocycles. The first-order valence-corrected chi connectivity index (χ1v) is 12.0. The molecule has 1 aromatic carbocycles. The van der Waals surface area contributed by atoms with Crippen molar-refractivity contribution in [3.63, 3.8) is 0 Å². The Hall–Kier alpha value is -2.64. The summed E-state index contributed by atoms with van der Waals surface area (Å²) < 4.78 is 74.8. The van der Waals surface area contributed by atoms with Crippen LogP contribution in [-0.2, 0) is 33.9 Å². The van der Waals surface area contributed by atoms with E-state index in [4.69, 9.17) is 18.8 Å². The minimum atomic E-state index is -5.87. The maximum absolute atomic E-state index is 13.9. The zero-order chi connectivity index (χ0) is 25.2. The summed E-state index contributed by atoms with van der Waals surface area (Å²) in [6, 6.07) is 6.96. The Bertz CT molecular complexity index is 1110. The summed E-state index contributed by atoms with van der Waals surface area (Å²) in [5, 5.41) is -4.77. The first kappa shape index (κ1) is 24.5. The van der Waals surface area contributed by atoms with Crippen molar-refractivity contribution >= 4 is 28.0 Å². The van der Waals surface area contributed by atoms with Gasteiger partial charge >= 0.3 is 27.3 Å². The van der Waals surface area contributed by atoms with Crippen molar-refractivity contribution in [2.75, 3.05) is 0 Å². The summed E-state index contributed by atoms with van der Waals surface area (Å²) in [6.45, 7) is 4.06. The van der Waals surface area contributed by atoms with Crippen LogP contribution in [0.5, 0.6) is 0 Å². The fourth-order valence-electron chi connectivity index (χ4n) is 4.96. The number of esters is 2. The molecule has 3 saturated heterocycles. The van der Waals surface area contributed by atoms with Crippen LogP contribution >= 0.6 is 0 Å². The lowest BCUT2D eigenvalue weighted by atomic mass is 9.78. The van der Waals surface area contributed by atoms with Crippen molar-refractivity contribution in [2.24, 2.45) is 11.8 Å². The van der Waals surface area contributed by atoms with E-state index in [2.05, 4.69) is 0 Å². The molecule has 34 heavy (non-hydrogen) atoms. The van der Waals surface area contributed by atoms with Crippen LogP contribution in [0.1, 0.15) is 31.1 Å². The molecule has 186 valence electrons. The van der Waals surface area contributed by atoms with Crippen molar-refractivity contribution in [2.45, 2.75) is 62.5 Å². The molecule has 0 radical (unpaired) electrons. The number of ether oxygens (including phenoxy) is 3. The van der Waals surface area contributed by atoms with E-state index in [1.807, 2.05) is 0 Å². The van der Waals surface area contributed by atoms with Gasteiger partial charge in [0.1, 0.15) is 12.0 Å². The summed E-state index contributed by atoms with van der Waals surface area (Å²) in [4.78, 5) is 40.2. The zero-order valence-corrected chi connectivity index (χ0v) is 19.1. The van der Waals surface area contributed by atoms with Crippen LogP contribution in [0.15, 0.2) is 30.3 Å². The van der Waals surface area contributed by atoms with Crippen LogP contribution < -0.4 is 0 Å². The van der Waals surface area contributed by atoms with Crippen LogP contribution in [-0.4, -0.2) is 77.5 Å². The van der Waals surface area contributed by atoms with Crippen LogP contribution in [0.3, 0.4) is 0 Å². The summed E-state index contributed by atoms with van der Waals surface area (Å²) in [5.74, 6) is -5.00. The lowest BCUT2D eigenvalue weighted by molar-refractivity contribution is -0.169. The molecule has 0 spiro atoms. The average molecular weight is 503 g/mol. The second-order valence-electron chi connectivity index (χ2n) is 8.80. The van der Waals surface area contributed by atoms with Crippen LogP contribution in [0.2, 0.25) is 0 Å². The molecule has 0 saturated carbocycles. The SMILES string of the molecule is CC(C)N1C(=O)C2C3OC(C(OC(=O)c4ccccc4)C31)C2C(=O)OC(C)C(F)(F)S(=O)(=O)O. The van der Waals surface area contributed by atoms with E-state index in [1.165, 1.54) is 17.0 Å². The van der Waals surface area contributed by atoms with Gasteiger partial charge in [-0.3, -0.25) is 14.1 Å². The molecule has 0 aromatic heterocycles. The molecule has 3 aliphatic rings. The molecule has 13 heteroatoms. The van der Waals surface area contributed by atoms with Gasteiger partial charge in [0.05, 0.1) is 23.6 Å². The first-order valence-electron chi connectivity index (χ1n) is 10.6. The number of carbonyl (C=O) groups excluding carboxylic acids is 3. The normalized spacial score (nSPS) is 31.1. The van der Waals surface area contributed by atoms with Gasteiger partial charge in [-0.1, -0.05) is 18.2 Å². The van der Waals surface area contributed by atoms with Gasteiger partial charge in [0, 0.05) is 6.04 Å². The Morgan fingerprint density at radius 1 is 1.15 bits per heavy atom. The number of benzene rings is 1. The van der Waals surface area contributed by atoms with Gasteiger partial charge in [-0.2, -0.15) is 17.2 Å². The number of fused-ring (bicyclic) bond motifs is 1. The molecule has 7 unspecified atom stereocenters. The molecule has 10 nitrogen and oxygen atoms in total. The van der Waals surface area contributed by atoms with Gasteiger partial charge in [0.25, 0.3) is 0 Å². The molecule has 2 bridgehead atoms. The van der Waals surface area contributed by atoms with E-state index in [1.54, 1.807) is 32.0 Å². The molecule has 3 fully saturated rings. The molecule has 1 aromatic rings. The number of hydrogen-bond acceptors (Lipinski definition) is 8. The smallest absolute Gasteiger partial charge is 0.405 e. The van der Waals surface area contributed by atoms with Crippen LogP contribution in [0.4, 0.5) is 8.78 Å². The number of alkyl halides is 2. The summed E-state index contributed by atoms with van der Waals surface area (Å²) in [5.41, 5.74) is 0.225. The van der Waals surface area contributed by atoms with Gasteiger partial charge < -0.3 is 19.1 Å². The largest absolute Gasteiger partial charge is 0.455 e. The molecule has 4 rings (SSSR count). The lowest BCUT2D eigenvalue weighted by Gasteiger charge is -2.33.